The van der Waals surface area contributed by atoms with Gasteiger partial charge in [0.05, 0.1) is 5.52 Å². The second-order valence-electron chi connectivity index (χ2n) is 9.08. The molecule has 180 valence electrons. The Hall–Kier alpha value is -3.76. The van der Waals surface area contributed by atoms with Gasteiger partial charge in [-0.3, -0.25) is 9.69 Å². The molecule has 0 aliphatic carbocycles. The zero-order chi connectivity index (χ0) is 23.8. The molecule has 10 heteroatoms. The third-order valence-corrected chi connectivity index (χ3v) is 6.82. The summed E-state index contributed by atoms with van der Waals surface area (Å²) >= 11 is 0. The van der Waals surface area contributed by atoms with Crippen molar-refractivity contribution in [1.82, 2.24) is 35.0 Å². The number of tetrazole rings is 1. The maximum atomic E-state index is 13.4. The number of nitrogens with one attached hydrogen (secondary N) is 1. The quantitative estimate of drug-likeness (QED) is 0.453. The molecule has 4 heterocycles. The van der Waals surface area contributed by atoms with Crippen molar-refractivity contribution in [2.24, 2.45) is 0 Å². The molecule has 2 aliphatic heterocycles. The Kier molecular flexibility index (Phi) is 5.67. The van der Waals surface area contributed by atoms with Crippen LogP contribution in [0.25, 0.3) is 10.9 Å². The zero-order valence-corrected chi connectivity index (χ0v) is 19.6. The van der Waals surface area contributed by atoms with Crippen molar-refractivity contribution in [1.29, 1.82) is 0 Å². The molecule has 1 unspecified atom stereocenters. The second-order valence-corrected chi connectivity index (χ2v) is 9.08. The fraction of sp³-hybridized carbons (Fsp3) is 0.360. The number of aromatic amines is 1. The Balaban J connectivity index is 1.41. The maximum Gasteiger partial charge on any atom is 0.253 e. The van der Waals surface area contributed by atoms with Crippen molar-refractivity contribution in [3.63, 3.8) is 0 Å². The molecule has 2 aromatic carbocycles. The molecule has 6 rings (SSSR count). The van der Waals surface area contributed by atoms with E-state index in [0.717, 1.165) is 38.0 Å². The molecule has 1 saturated heterocycles. The molecule has 35 heavy (non-hydrogen) atoms. The summed E-state index contributed by atoms with van der Waals surface area (Å²) in [6, 6.07) is 15.6. The first-order chi connectivity index (χ1) is 17.2. The standard InChI is InChI=1S/C25H27N7O3/c1-30-9-11-31(12-10-30)23(24-27-28-29-32(24)8-7-17-5-3-2-4-6-17)19-13-18-14-21-22(35-16-34-21)15-20(18)26-25(19)33/h2-6,13-15,23H,7-12,16H2,1H3,(H,26,33). The number of likely N-dealkylation sites (N-methyl/N-ethyl adjacent to an activating group) is 1. The molecule has 1 atom stereocenters. The van der Waals surface area contributed by atoms with E-state index in [4.69, 9.17) is 9.47 Å². The van der Waals surface area contributed by atoms with Gasteiger partial charge in [-0.25, -0.2) is 4.68 Å². The minimum atomic E-state index is -0.368. The fourth-order valence-corrected chi connectivity index (χ4v) is 4.84. The topological polar surface area (TPSA) is 101 Å². The molecule has 1 N–H and O–H groups in total. The smallest absolute Gasteiger partial charge is 0.253 e. The summed E-state index contributed by atoms with van der Waals surface area (Å²) in [7, 11) is 2.11. The van der Waals surface area contributed by atoms with E-state index in [1.807, 2.05) is 41.1 Å². The van der Waals surface area contributed by atoms with E-state index in [9.17, 15) is 4.79 Å². The van der Waals surface area contributed by atoms with E-state index in [0.29, 0.717) is 34.9 Å². The molecular formula is C25H27N7O3. The van der Waals surface area contributed by atoms with E-state index < -0.39 is 0 Å². The molecule has 0 radical (unpaired) electrons. The Bertz CT molecular complexity index is 1390. The number of aryl methyl sites for hydroxylation is 2. The number of nitrogens with zero attached hydrogens (tertiary/aromatic N) is 6. The summed E-state index contributed by atoms with van der Waals surface area (Å²) in [4.78, 5) is 21.1. The number of hydrogen-bond acceptors (Lipinski definition) is 8. The maximum absolute atomic E-state index is 13.4. The first-order valence-corrected chi connectivity index (χ1v) is 11.8. The summed E-state index contributed by atoms with van der Waals surface area (Å²) in [5, 5.41) is 13.6. The van der Waals surface area contributed by atoms with Crippen LogP contribution >= 0.6 is 0 Å². The van der Waals surface area contributed by atoms with Gasteiger partial charge in [0.2, 0.25) is 6.79 Å². The number of rotatable bonds is 6. The first-order valence-electron chi connectivity index (χ1n) is 11.8. The monoisotopic (exact) mass is 473 g/mol. The van der Waals surface area contributed by atoms with E-state index in [1.165, 1.54) is 5.56 Å². The average molecular weight is 474 g/mol. The molecule has 1 fully saturated rings. The molecule has 0 bridgehead atoms. The number of ether oxygens (including phenoxy) is 2. The Morgan fingerprint density at radius 3 is 2.60 bits per heavy atom. The summed E-state index contributed by atoms with van der Waals surface area (Å²) < 4.78 is 12.9. The Morgan fingerprint density at radius 2 is 1.80 bits per heavy atom. The van der Waals surface area contributed by atoms with Gasteiger partial charge in [0, 0.05) is 49.7 Å². The SMILES string of the molecule is CN1CCN(C(c2cc3cc4c(cc3[nH]c2=O)OCO4)c2nnnn2CCc2ccccc2)CC1. The van der Waals surface area contributed by atoms with Crippen LogP contribution in [0.5, 0.6) is 11.5 Å². The third-order valence-electron chi connectivity index (χ3n) is 6.82. The first kappa shape index (κ1) is 21.8. The number of hydrogen-bond donors (Lipinski definition) is 1. The molecule has 0 saturated carbocycles. The molecule has 2 aliphatic rings. The van der Waals surface area contributed by atoms with Gasteiger partial charge < -0.3 is 19.4 Å². The van der Waals surface area contributed by atoms with Crippen molar-refractivity contribution in [3.05, 3.63) is 75.8 Å². The van der Waals surface area contributed by atoms with Crippen LogP contribution in [0.3, 0.4) is 0 Å². The van der Waals surface area contributed by atoms with E-state index in [2.05, 4.69) is 49.5 Å². The van der Waals surface area contributed by atoms with Crippen LogP contribution < -0.4 is 15.0 Å². The average Bonchev–Trinajstić information content (AvgIpc) is 3.53. The number of H-pyrrole nitrogens is 1. The van der Waals surface area contributed by atoms with Gasteiger partial charge in [-0.05, 0) is 41.6 Å². The number of pyridine rings is 1. The normalized spacial score (nSPS) is 17.2. The summed E-state index contributed by atoms with van der Waals surface area (Å²) in [5.41, 5.74) is 2.39. The second kappa shape index (κ2) is 9.12. The number of piperazine rings is 1. The molecule has 4 aromatic rings. The van der Waals surface area contributed by atoms with Gasteiger partial charge in [-0.1, -0.05) is 30.3 Å². The van der Waals surface area contributed by atoms with E-state index in [-0.39, 0.29) is 18.4 Å². The van der Waals surface area contributed by atoms with Crippen LogP contribution in [-0.4, -0.2) is 75.0 Å². The van der Waals surface area contributed by atoms with Crippen molar-refractivity contribution >= 4 is 10.9 Å². The van der Waals surface area contributed by atoms with Crippen LogP contribution in [0.15, 0.2) is 53.3 Å². The predicted molar refractivity (Wildman–Crippen MR) is 130 cm³/mol. The predicted octanol–water partition coefficient (Wildman–Crippen LogP) is 1.82. The lowest BCUT2D eigenvalue weighted by Crippen LogP contribution is -2.47. The highest BCUT2D eigenvalue weighted by Crippen LogP contribution is 2.36. The summed E-state index contributed by atoms with van der Waals surface area (Å²) in [5.74, 6) is 2.00. The van der Waals surface area contributed by atoms with Gasteiger partial charge in [-0.2, -0.15) is 0 Å². The third kappa shape index (κ3) is 4.26. The van der Waals surface area contributed by atoms with Gasteiger partial charge in [-0.15, -0.1) is 5.10 Å². The zero-order valence-electron chi connectivity index (χ0n) is 19.6. The fourth-order valence-electron chi connectivity index (χ4n) is 4.84. The Morgan fingerprint density at radius 1 is 1.03 bits per heavy atom. The molecule has 0 amide bonds. The molecule has 0 spiro atoms. The van der Waals surface area contributed by atoms with Crippen LogP contribution in [0.4, 0.5) is 0 Å². The lowest BCUT2D eigenvalue weighted by Gasteiger charge is -2.37. The highest BCUT2D eigenvalue weighted by molar-refractivity contribution is 5.83. The number of aromatic nitrogens is 5. The van der Waals surface area contributed by atoms with Gasteiger partial charge >= 0.3 is 0 Å². The van der Waals surface area contributed by atoms with Crippen LogP contribution in [0, 0.1) is 0 Å². The van der Waals surface area contributed by atoms with Crippen LogP contribution in [0.1, 0.15) is 23.0 Å². The lowest BCUT2D eigenvalue weighted by atomic mass is 10.0. The highest BCUT2D eigenvalue weighted by Gasteiger charge is 2.32. The minimum absolute atomic E-state index is 0.155. The molecule has 10 nitrogen and oxygen atoms in total. The van der Waals surface area contributed by atoms with Crippen molar-refractivity contribution < 1.29 is 9.47 Å². The van der Waals surface area contributed by atoms with Crippen molar-refractivity contribution in [2.75, 3.05) is 40.0 Å². The van der Waals surface area contributed by atoms with Gasteiger partial charge in [0.15, 0.2) is 17.3 Å². The minimum Gasteiger partial charge on any atom is -0.454 e. The van der Waals surface area contributed by atoms with E-state index >= 15 is 0 Å². The number of fused-ring (bicyclic) bond motifs is 2. The van der Waals surface area contributed by atoms with Gasteiger partial charge in [0.1, 0.15) is 6.04 Å². The lowest BCUT2D eigenvalue weighted by molar-refractivity contribution is 0.121. The summed E-state index contributed by atoms with van der Waals surface area (Å²) in [6.45, 7) is 4.25. The highest BCUT2D eigenvalue weighted by atomic mass is 16.7. The largest absolute Gasteiger partial charge is 0.454 e. The number of benzene rings is 2. The molecule has 2 aromatic heterocycles. The van der Waals surface area contributed by atoms with Crippen LogP contribution in [0.2, 0.25) is 0 Å². The Labute approximate surface area is 202 Å². The summed E-state index contributed by atoms with van der Waals surface area (Å²) in [6.07, 6.45) is 0.798. The van der Waals surface area contributed by atoms with Gasteiger partial charge in [0.25, 0.3) is 5.56 Å². The molecular weight excluding hydrogens is 446 g/mol. The van der Waals surface area contributed by atoms with E-state index in [1.54, 1.807) is 0 Å². The van der Waals surface area contributed by atoms with Crippen LogP contribution in [-0.2, 0) is 13.0 Å². The van der Waals surface area contributed by atoms with Crippen molar-refractivity contribution in [3.8, 4) is 11.5 Å². The van der Waals surface area contributed by atoms with Crippen molar-refractivity contribution in [2.45, 2.75) is 19.0 Å².